The Kier molecular flexibility index (Phi) is 5.39. The first-order valence-corrected chi connectivity index (χ1v) is 6.28. The van der Waals surface area contributed by atoms with Crippen molar-refractivity contribution in [3.05, 3.63) is 29.6 Å². The van der Waals surface area contributed by atoms with Gasteiger partial charge in [0.05, 0.1) is 0 Å². The van der Waals surface area contributed by atoms with Crippen molar-refractivity contribution in [1.82, 2.24) is 5.32 Å². The van der Waals surface area contributed by atoms with Gasteiger partial charge in [0, 0.05) is 24.2 Å². The molecule has 0 aromatic heterocycles. The van der Waals surface area contributed by atoms with Crippen LogP contribution in [0.3, 0.4) is 0 Å². The molecule has 0 spiro atoms. The summed E-state index contributed by atoms with van der Waals surface area (Å²) in [6, 6.07) is 4.14. The summed E-state index contributed by atoms with van der Waals surface area (Å²) in [6.07, 6.45) is -0.0374. The maximum Gasteiger partial charge on any atom is 0.407 e. The molecule has 0 saturated heterocycles. The number of ether oxygens (including phenoxy) is 1. The Bertz CT molecular complexity index is 519. The first-order chi connectivity index (χ1) is 9.26. The van der Waals surface area contributed by atoms with Crippen molar-refractivity contribution < 1.29 is 13.9 Å². The fourth-order valence-corrected chi connectivity index (χ4v) is 1.39. The molecule has 5 heteroatoms. The number of hydrogen-bond donors (Lipinski definition) is 2. The predicted octanol–water partition coefficient (Wildman–Crippen LogP) is 2.67. The minimum Gasteiger partial charge on any atom is -0.444 e. The lowest BCUT2D eigenvalue weighted by atomic mass is 10.2. The molecule has 20 heavy (non-hydrogen) atoms. The van der Waals surface area contributed by atoms with E-state index in [4.69, 9.17) is 10.5 Å². The van der Waals surface area contributed by atoms with Gasteiger partial charge >= 0.3 is 6.09 Å². The number of alkyl carbamates (subject to hydrolysis) is 1. The molecule has 0 aliphatic heterocycles. The molecule has 0 saturated carbocycles. The average Bonchev–Trinajstić information content (AvgIpc) is 2.24. The van der Waals surface area contributed by atoms with Crippen molar-refractivity contribution in [2.45, 2.75) is 32.8 Å². The summed E-state index contributed by atoms with van der Waals surface area (Å²) in [5.74, 6) is 5.20. The number of nitrogens with one attached hydrogen (secondary N) is 1. The molecule has 0 bridgehead atoms. The quantitative estimate of drug-likeness (QED) is 0.496. The van der Waals surface area contributed by atoms with Crippen LogP contribution in [0, 0.1) is 17.7 Å². The van der Waals surface area contributed by atoms with E-state index in [0.29, 0.717) is 24.2 Å². The van der Waals surface area contributed by atoms with Crippen molar-refractivity contribution in [3.63, 3.8) is 0 Å². The zero-order valence-electron chi connectivity index (χ0n) is 11.9. The lowest BCUT2D eigenvalue weighted by Crippen LogP contribution is -2.32. The van der Waals surface area contributed by atoms with E-state index >= 15 is 0 Å². The Morgan fingerprint density at radius 3 is 2.70 bits per heavy atom. The Morgan fingerprint density at radius 2 is 2.10 bits per heavy atom. The smallest absolute Gasteiger partial charge is 0.407 e. The van der Waals surface area contributed by atoms with Gasteiger partial charge in [-0.15, -0.1) is 0 Å². The molecule has 1 rings (SSSR count). The van der Waals surface area contributed by atoms with E-state index in [0.717, 1.165) is 0 Å². The third kappa shape index (κ3) is 6.64. The van der Waals surface area contributed by atoms with Crippen molar-refractivity contribution >= 4 is 11.8 Å². The summed E-state index contributed by atoms with van der Waals surface area (Å²) < 4.78 is 18.1. The Hall–Kier alpha value is -2.22. The number of halogens is 1. The van der Waals surface area contributed by atoms with Crippen LogP contribution in [0.5, 0.6) is 0 Å². The van der Waals surface area contributed by atoms with Crippen molar-refractivity contribution in [2.75, 3.05) is 12.3 Å². The number of anilines is 1. The normalized spacial score (nSPS) is 10.4. The van der Waals surface area contributed by atoms with Gasteiger partial charge < -0.3 is 15.8 Å². The van der Waals surface area contributed by atoms with Gasteiger partial charge in [-0.3, -0.25) is 0 Å². The molecular weight excluding hydrogens is 259 g/mol. The zero-order chi connectivity index (χ0) is 15.2. The molecule has 3 N–H and O–H groups in total. The van der Waals surface area contributed by atoms with E-state index in [1.54, 1.807) is 26.8 Å². The highest BCUT2D eigenvalue weighted by Crippen LogP contribution is 2.09. The number of rotatable bonds is 2. The van der Waals surface area contributed by atoms with Crippen molar-refractivity contribution in [1.29, 1.82) is 0 Å². The molecule has 1 aromatic carbocycles. The number of nitrogen functional groups attached to an aromatic ring is 1. The van der Waals surface area contributed by atoms with E-state index in [9.17, 15) is 9.18 Å². The average molecular weight is 278 g/mol. The summed E-state index contributed by atoms with van der Waals surface area (Å²) in [7, 11) is 0. The number of benzene rings is 1. The third-order valence-electron chi connectivity index (χ3n) is 2.07. The molecule has 4 nitrogen and oxygen atoms in total. The van der Waals surface area contributed by atoms with Crippen LogP contribution in [-0.4, -0.2) is 18.2 Å². The third-order valence-corrected chi connectivity index (χ3v) is 2.07. The SMILES string of the molecule is CC(C)(C)OC(=O)NCCC#Cc1cc(N)cc(F)c1. The van der Waals surface area contributed by atoms with Gasteiger partial charge in [-0.05, 0) is 39.0 Å². The second-order valence-electron chi connectivity index (χ2n) is 5.25. The summed E-state index contributed by atoms with van der Waals surface area (Å²) in [6.45, 7) is 5.74. The molecule has 0 radical (unpaired) electrons. The fourth-order valence-electron chi connectivity index (χ4n) is 1.39. The minimum absolute atomic E-state index is 0.334. The number of amides is 1. The molecule has 0 atom stereocenters. The van der Waals surface area contributed by atoms with Crippen LogP contribution in [0.25, 0.3) is 0 Å². The summed E-state index contributed by atoms with van der Waals surface area (Å²) in [4.78, 5) is 11.3. The number of carbonyl (C=O) groups is 1. The summed E-state index contributed by atoms with van der Waals surface area (Å²) in [5.41, 5.74) is 5.84. The summed E-state index contributed by atoms with van der Waals surface area (Å²) >= 11 is 0. The molecule has 1 aromatic rings. The minimum atomic E-state index is -0.519. The van der Waals surface area contributed by atoms with E-state index in [-0.39, 0.29) is 0 Å². The van der Waals surface area contributed by atoms with Crippen LogP contribution in [-0.2, 0) is 4.74 Å². The van der Waals surface area contributed by atoms with Crippen molar-refractivity contribution in [3.8, 4) is 11.8 Å². The largest absolute Gasteiger partial charge is 0.444 e. The number of hydrogen-bond acceptors (Lipinski definition) is 3. The second-order valence-corrected chi connectivity index (χ2v) is 5.25. The topological polar surface area (TPSA) is 64.3 Å². The van der Waals surface area contributed by atoms with E-state index < -0.39 is 17.5 Å². The van der Waals surface area contributed by atoms with Crippen LogP contribution in [0.1, 0.15) is 32.8 Å². The number of carbonyl (C=O) groups excluding carboxylic acids is 1. The highest BCUT2D eigenvalue weighted by Gasteiger charge is 2.15. The summed E-state index contributed by atoms with van der Waals surface area (Å²) in [5, 5.41) is 2.59. The molecule has 0 unspecified atom stereocenters. The van der Waals surface area contributed by atoms with Gasteiger partial charge in [0.25, 0.3) is 0 Å². The van der Waals surface area contributed by atoms with Crippen LogP contribution in [0.2, 0.25) is 0 Å². The monoisotopic (exact) mass is 278 g/mol. The molecular formula is C15H19FN2O2. The van der Waals surface area contributed by atoms with Gasteiger partial charge in [0.1, 0.15) is 11.4 Å². The molecule has 1 amide bonds. The van der Waals surface area contributed by atoms with Gasteiger partial charge in [0.15, 0.2) is 0 Å². The zero-order valence-corrected chi connectivity index (χ0v) is 11.9. The van der Waals surface area contributed by atoms with E-state index in [2.05, 4.69) is 17.2 Å². The van der Waals surface area contributed by atoms with Gasteiger partial charge in [-0.2, -0.15) is 0 Å². The van der Waals surface area contributed by atoms with Crippen molar-refractivity contribution in [2.24, 2.45) is 0 Å². The maximum atomic E-state index is 13.0. The van der Waals surface area contributed by atoms with Crippen LogP contribution in [0.15, 0.2) is 18.2 Å². The van der Waals surface area contributed by atoms with E-state index in [1.807, 2.05) is 0 Å². The van der Waals surface area contributed by atoms with Crippen LogP contribution < -0.4 is 11.1 Å². The van der Waals surface area contributed by atoms with E-state index in [1.165, 1.54) is 12.1 Å². The Balaban J connectivity index is 2.38. The fraction of sp³-hybridized carbons (Fsp3) is 0.400. The van der Waals surface area contributed by atoms with Crippen LogP contribution in [0.4, 0.5) is 14.9 Å². The molecule has 0 aliphatic carbocycles. The Morgan fingerprint density at radius 1 is 1.40 bits per heavy atom. The van der Waals surface area contributed by atoms with Gasteiger partial charge in [-0.1, -0.05) is 11.8 Å². The lowest BCUT2D eigenvalue weighted by Gasteiger charge is -2.19. The Labute approximate surface area is 118 Å². The predicted molar refractivity (Wildman–Crippen MR) is 76.5 cm³/mol. The highest BCUT2D eigenvalue weighted by molar-refractivity contribution is 5.67. The number of nitrogens with two attached hydrogens (primary N) is 1. The standard InChI is InChI=1S/C15H19FN2O2/c1-15(2,3)20-14(19)18-7-5-4-6-11-8-12(16)10-13(17)9-11/h8-10H,5,7,17H2,1-3H3,(H,18,19). The first kappa shape index (κ1) is 15.8. The second kappa shape index (κ2) is 6.80. The van der Waals surface area contributed by atoms with Gasteiger partial charge in [-0.25, -0.2) is 9.18 Å². The molecule has 108 valence electrons. The highest BCUT2D eigenvalue weighted by atomic mass is 19.1. The molecule has 0 aliphatic rings. The maximum absolute atomic E-state index is 13.0. The first-order valence-electron chi connectivity index (χ1n) is 6.28. The van der Waals surface area contributed by atoms with Gasteiger partial charge in [0.2, 0.25) is 0 Å². The molecule has 0 fully saturated rings. The van der Waals surface area contributed by atoms with Crippen LogP contribution >= 0.6 is 0 Å². The lowest BCUT2D eigenvalue weighted by molar-refractivity contribution is 0.0529. The molecule has 0 heterocycles.